The predicted molar refractivity (Wildman–Crippen MR) is 56.2 cm³/mol. The number of rotatable bonds is 2. The summed E-state index contributed by atoms with van der Waals surface area (Å²) in [5, 5.41) is 3.83. The second-order valence-corrected chi connectivity index (χ2v) is 5.33. The molecule has 1 N–H and O–H groups in total. The molecule has 5 atom stereocenters. The van der Waals surface area contributed by atoms with Crippen molar-refractivity contribution in [3.8, 4) is 0 Å². The van der Waals surface area contributed by atoms with Crippen LogP contribution in [-0.4, -0.2) is 24.8 Å². The van der Waals surface area contributed by atoms with Crippen molar-refractivity contribution in [2.45, 2.75) is 57.2 Å². The normalized spacial score (nSPS) is 51.6. The van der Waals surface area contributed by atoms with E-state index in [4.69, 9.17) is 4.74 Å². The van der Waals surface area contributed by atoms with E-state index in [2.05, 4.69) is 12.2 Å². The second-order valence-electron chi connectivity index (χ2n) is 5.33. The molecule has 2 aliphatic carbocycles. The van der Waals surface area contributed by atoms with E-state index in [-0.39, 0.29) is 0 Å². The molecule has 3 fully saturated rings. The first-order valence-corrected chi connectivity index (χ1v) is 6.22. The lowest BCUT2D eigenvalue weighted by molar-refractivity contribution is 0.108. The molecule has 2 saturated carbocycles. The first-order valence-electron chi connectivity index (χ1n) is 6.22. The molecule has 80 valence electrons. The summed E-state index contributed by atoms with van der Waals surface area (Å²) >= 11 is 0. The van der Waals surface area contributed by atoms with Gasteiger partial charge >= 0.3 is 0 Å². The summed E-state index contributed by atoms with van der Waals surface area (Å²) in [4.78, 5) is 0. The molecule has 3 aliphatic rings. The van der Waals surface area contributed by atoms with Crippen LogP contribution in [0.4, 0.5) is 0 Å². The van der Waals surface area contributed by atoms with Crippen LogP contribution in [0.1, 0.15) is 39.0 Å². The van der Waals surface area contributed by atoms with Crippen molar-refractivity contribution in [3.63, 3.8) is 0 Å². The maximum atomic E-state index is 5.59. The van der Waals surface area contributed by atoms with Gasteiger partial charge in [-0.3, -0.25) is 0 Å². The zero-order valence-electron chi connectivity index (χ0n) is 9.04. The lowest BCUT2D eigenvalue weighted by Gasteiger charge is -2.27. The van der Waals surface area contributed by atoms with Crippen LogP contribution in [0.15, 0.2) is 0 Å². The zero-order chi connectivity index (χ0) is 9.54. The lowest BCUT2D eigenvalue weighted by Crippen LogP contribution is -2.44. The fourth-order valence-corrected chi connectivity index (χ4v) is 3.34. The van der Waals surface area contributed by atoms with Crippen molar-refractivity contribution in [2.75, 3.05) is 6.61 Å². The molecule has 0 radical (unpaired) electrons. The predicted octanol–water partition coefficient (Wildman–Crippen LogP) is 1.94. The van der Waals surface area contributed by atoms with Crippen LogP contribution in [0.3, 0.4) is 0 Å². The number of ether oxygens (including phenoxy) is 1. The average Bonchev–Trinajstić information content (AvgIpc) is 2.87. The topological polar surface area (TPSA) is 21.3 Å². The maximum absolute atomic E-state index is 5.59. The van der Waals surface area contributed by atoms with Gasteiger partial charge < -0.3 is 10.1 Å². The Morgan fingerprint density at radius 2 is 2.07 bits per heavy atom. The van der Waals surface area contributed by atoms with E-state index < -0.39 is 0 Å². The molecule has 1 saturated heterocycles. The minimum Gasteiger partial charge on any atom is -0.377 e. The van der Waals surface area contributed by atoms with E-state index in [0.717, 1.165) is 24.5 Å². The van der Waals surface area contributed by atoms with Gasteiger partial charge in [0.25, 0.3) is 0 Å². The Hall–Kier alpha value is -0.0800. The molecule has 3 unspecified atom stereocenters. The fraction of sp³-hybridized carbons (Fsp3) is 1.00. The molecule has 2 nitrogen and oxygen atoms in total. The fourth-order valence-electron chi connectivity index (χ4n) is 3.34. The molecule has 2 heteroatoms. The van der Waals surface area contributed by atoms with Crippen molar-refractivity contribution in [1.82, 2.24) is 5.32 Å². The van der Waals surface area contributed by atoms with Gasteiger partial charge in [0.2, 0.25) is 0 Å². The highest BCUT2D eigenvalue weighted by molar-refractivity contribution is 5.00. The van der Waals surface area contributed by atoms with Crippen LogP contribution in [0, 0.1) is 11.8 Å². The summed E-state index contributed by atoms with van der Waals surface area (Å²) in [7, 11) is 0. The van der Waals surface area contributed by atoms with E-state index in [0.29, 0.717) is 12.1 Å². The van der Waals surface area contributed by atoms with Gasteiger partial charge in [-0.15, -0.1) is 0 Å². The lowest BCUT2D eigenvalue weighted by atomic mass is 9.94. The Labute approximate surface area is 86.4 Å². The second kappa shape index (κ2) is 3.49. The van der Waals surface area contributed by atoms with Crippen LogP contribution in [0.25, 0.3) is 0 Å². The van der Waals surface area contributed by atoms with Crippen LogP contribution in [-0.2, 0) is 4.74 Å². The van der Waals surface area contributed by atoms with Crippen molar-refractivity contribution in [3.05, 3.63) is 0 Å². The number of hydrogen-bond donors (Lipinski definition) is 1. The van der Waals surface area contributed by atoms with Crippen molar-refractivity contribution < 1.29 is 4.74 Å². The van der Waals surface area contributed by atoms with Crippen LogP contribution >= 0.6 is 0 Å². The minimum absolute atomic E-state index is 0.439. The molecule has 0 spiro atoms. The Balaban J connectivity index is 1.56. The Morgan fingerprint density at radius 1 is 1.14 bits per heavy atom. The van der Waals surface area contributed by atoms with Crippen LogP contribution in [0.5, 0.6) is 0 Å². The molecule has 0 amide bonds. The van der Waals surface area contributed by atoms with Gasteiger partial charge in [-0.05, 0) is 38.0 Å². The van der Waals surface area contributed by atoms with Gasteiger partial charge in [-0.1, -0.05) is 12.8 Å². The minimum atomic E-state index is 0.439. The summed E-state index contributed by atoms with van der Waals surface area (Å²) in [6.07, 6.45) is 7.51. The van der Waals surface area contributed by atoms with Crippen molar-refractivity contribution in [1.29, 1.82) is 0 Å². The Kier molecular flexibility index (Phi) is 2.29. The van der Waals surface area contributed by atoms with Crippen molar-refractivity contribution in [2.24, 2.45) is 11.8 Å². The van der Waals surface area contributed by atoms with E-state index in [1.165, 1.54) is 32.1 Å². The van der Waals surface area contributed by atoms with E-state index in [1.807, 2.05) is 0 Å². The van der Waals surface area contributed by atoms with E-state index in [1.54, 1.807) is 0 Å². The Bertz CT molecular complexity index is 218. The third kappa shape index (κ3) is 1.59. The van der Waals surface area contributed by atoms with Gasteiger partial charge in [-0.2, -0.15) is 0 Å². The number of hydrogen-bond acceptors (Lipinski definition) is 2. The summed E-state index contributed by atoms with van der Waals surface area (Å²) in [5.41, 5.74) is 0. The Morgan fingerprint density at radius 3 is 2.86 bits per heavy atom. The largest absolute Gasteiger partial charge is 0.377 e. The first-order chi connectivity index (χ1) is 6.84. The summed E-state index contributed by atoms with van der Waals surface area (Å²) in [5.74, 6) is 2.11. The first kappa shape index (κ1) is 9.17. The molecule has 14 heavy (non-hydrogen) atoms. The molecule has 3 rings (SSSR count). The molecule has 1 heterocycles. The van der Waals surface area contributed by atoms with Gasteiger partial charge in [0.1, 0.15) is 0 Å². The third-order valence-electron chi connectivity index (χ3n) is 4.39. The monoisotopic (exact) mass is 195 g/mol. The molecule has 0 aromatic carbocycles. The number of fused-ring (bicyclic) bond motifs is 1. The standard InChI is InChI=1S/C12H21NO/c1-8-11(5-6-14-8)13-12-4-2-3-9-7-10(9)12/h8-13H,2-7H2,1H3/t8?,9-,10+,11?,12?/m1/s1. The number of nitrogens with one attached hydrogen (secondary N) is 1. The maximum Gasteiger partial charge on any atom is 0.0700 e. The third-order valence-corrected chi connectivity index (χ3v) is 4.39. The summed E-state index contributed by atoms with van der Waals surface area (Å²) in [6.45, 7) is 3.16. The van der Waals surface area contributed by atoms with Crippen LogP contribution in [0.2, 0.25) is 0 Å². The van der Waals surface area contributed by atoms with Crippen molar-refractivity contribution >= 4 is 0 Å². The van der Waals surface area contributed by atoms with Gasteiger partial charge in [0, 0.05) is 18.7 Å². The van der Waals surface area contributed by atoms with E-state index >= 15 is 0 Å². The highest BCUT2D eigenvalue weighted by atomic mass is 16.5. The molecule has 1 aliphatic heterocycles. The zero-order valence-corrected chi connectivity index (χ0v) is 9.04. The highest BCUT2D eigenvalue weighted by Gasteiger charge is 2.46. The summed E-state index contributed by atoms with van der Waals surface area (Å²) < 4.78 is 5.59. The highest BCUT2D eigenvalue weighted by Crippen LogP contribution is 2.49. The molecule has 0 aromatic rings. The van der Waals surface area contributed by atoms with Gasteiger partial charge in [0.05, 0.1) is 6.10 Å². The smallest absolute Gasteiger partial charge is 0.0700 e. The molecular formula is C12H21NO. The van der Waals surface area contributed by atoms with Crippen LogP contribution < -0.4 is 5.32 Å². The molecular weight excluding hydrogens is 174 g/mol. The van der Waals surface area contributed by atoms with Gasteiger partial charge in [0.15, 0.2) is 0 Å². The summed E-state index contributed by atoms with van der Waals surface area (Å²) in [6, 6.07) is 1.46. The quantitative estimate of drug-likeness (QED) is 0.727. The van der Waals surface area contributed by atoms with Gasteiger partial charge in [-0.25, -0.2) is 0 Å². The molecule has 0 aromatic heterocycles. The van der Waals surface area contributed by atoms with E-state index in [9.17, 15) is 0 Å². The SMILES string of the molecule is CC1OCCC1NC1CCC[C@@H]2C[C@H]12. The average molecular weight is 195 g/mol. The molecule has 0 bridgehead atoms.